The molecule has 296 valence electrons. The predicted octanol–water partition coefficient (Wildman–Crippen LogP) is 15.2. The number of rotatable bonds is 8. The minimum Gasteiger partial charge on any atom is -0.228 e. The second kappa shape index (κ2) is 16.7. The quantitative estimate of drug-likeness (QED) is 0.145. The van der Waals surface area contributed by atoms with Crippen molar-refractivity contribution in [3.8, 4) is 51.1 Å². The van der Waals surface area contributed by atoms with E-state index in [9.17, 15) is 5.26 Å². The normalized spacial score (nSPS) is 25.1. The van der Waals surface area contributed by atoms with Crippen LogP contribution in [-0.2, 0) is 10.8 Å². The highest BCUT2D eigenvalue weighted by molar-refractivity contribution is 5.99. The van der Waals surface area contributed by atoms with Gasteiger partial charge in [-0.25, -0.2) is 9.97 Å². The Bertz CT molecular complexity index is 2280. The molecule has 0 spiro atoms. The molecule has 4 unspecified atom stereocenters. The molecule has 6 aromatic rings. The van der Waals surface area contributed by atoms with Crippen LogP contribution in [0.3, 0.4) is 0 Å². The van der Waals surface area contributed by atoms with Crippen molar-refractivity contribution in [2.24, 2.45) is 23.7 Å². The number of aromatic nitrogens is 2. The molecule has 2 fully saturated rings. The van der Waals surface area contributed by atoms with Gasteiger partial charge in [0.2, 0.25) is 0 Å². The van der Waals surface area contributed by atoms with Crippen LogP contribution in [0.15, 0.2) is 115 Å². The van der Waals surface area contributed by atoms with Crippen LogP contribution in [0.2, 0.25) is 0 Å². The second-order valence-corrected chi connectivity index (χ2v) is 18.7. The highest BCUT2D eigenvalue weighted by atomic mass is 14.9. The second-order valence-electron chi connectivity index (χ2n) is 18.7. The summed E-state index contributed by atoms with van der Waals surface area (Å²) in [5.41, 5.74) is 11.4. The van der Waals surface area contributed by atoms with Gasteiger partial charge in [-0.05, 0) is 113 Å². The molecule has 0 N–H and O–H groups in total. The summed E-state index contributed by atoms with van der Waals surface area (Å²) >= 11 is 0. The van der Waals surface area contributed by atoms with Crippen LogP contribution in [0.1, 0.15) is 122 Å². The molecule has 5 aromatic carbocycles. The lowest BCUT2D eigenvalue weighted by Gasteiger charge is -2.35. The van der Waals surface area contributed by atoms with Crippen LogP contribution in [0, 0.1) is 35.0 Å². The van der Waals surface area contributed by atoms with Crippen molar-refractivity contribution in [3.05, 3.63) is 132 Å². The van der Waals surface area contributed by atoms with Crippen LogP contribution < -0.4 is 0 Å². The highest BCUT2D eigenvalue weighted by Gasteiger charge is 2.37. The summed E-state index contributed by atoms with van der Waals surface area (Å²) in [6.45, 7) is 14.6. The lowest BCUT2D eigenvalue weighted by molar-refractivity contribution is 0.295. The number of nitrogens with zero attached hydrogens (tertiary/aromatic N) is 3. The summed E-state index contributed by atoms with van der Waals surface area (Å²) in [5, 5.41) is 11.8. The van der Waals surface area contributed by atoms with E-state index in [1.807, 2.05) is 24.3 Å². The van der Waals surface area contributed by atoms with Gasteiger partial charge in [-0.3, -0.25) is 0 Å². The molecule has 8 rings (SSSR count). The zero-order valence-electron chi connectivity index (χ0n) is 35.7. The maximum atomic E-state index is 9.76. The molecule has 3 nitrogen and oxygen atoms in total. The molecule has 6 atom stereocenters. The summed E-state index contributed by atoms with van der Waals surface area (Å²) in [4.78, 5) is 10.6. The lowest BCUT2D eigenvalue weighted by Crippen LogP contribution is -2.28. The number of benzene rings is 5. The Morgan fingerprint density at radius 2 is 0.931 bits per heavy atom. The van der Waals surface area contributed by atoms with Crippen molar-refractivity contribution >= 4 is 10.8 Å². The summed E-state index contributed by atoms with van der Waals surface area (Å²) in [6.07, 6.45) is 12.7. The van der Waals surface area contributed by atoms with E-state index in [0.717, 1.165) is 79.5 Å². The molecule has 2 saturated carbocycles. The Hall–Kier alpha value is -5.07. The van der Waals surface area contributed by atoms with Crippen LogP contribution >= 0.6 is 0 Å². The van der Waals surface area contributed by atoms with Gasteiger partial charge in [0.25, 0.3) is 0 Å². The van der Waals surface area contributed by atoms with Gasteiger partial charge in [-0.2, -0.15) is 5.26 Å². The van der Waals surface area contributed by atoms with Crippen molar-refractivity contribution in [2.45, 2.75) is 117 Å². The average Bonchev–Trinajstić information content (AvgIpc) is 3.52. The van der Waals surface area contributed by atoms with Gasteiger partial charge in [-0.1, -0.05) is 170 Å². The molecule has 1 heterocycles. The molecule has 2 aliphatic rings. The molecule has 0 saturated heterocycles. The predicted molar refractivity (Wildman–Crippen MR) is 244 cm³/mol. The molecule has 0 bridgehead atoms. The van der Waals surface area contributed by atoms with Crippen molar-refractivity contribution in [2.75, 3.05) is 0 Å². The van der Waals surface area contributed by atoms with Gasteiger partial charge in [0.05, 0.1) is 23.0 Å². The fourth-order valence-corrected chi connectivity index (χ4v) is 11.1. The van der Waals surface area contributed by atoms with Crippen molar-refractivity contribution in [3.63, 3.8) is 0 Å². The fourth-order valence-electron chi connectivity index (χ4n) is 11.1. The maximum Gasteiger partial charge on any atom is 0.160 e. The van der Waals surface area contributed by atoms with E-state index < -0.39 is 0 Å². The van der Waals surface area contributed by atoms with Crippen LogP contribution in [0.5, 0.6) is 0 Å². The Kier molecular flexibility index (Phi) is 11.4. The standard InChI is InChI=1S/C55H61N3/c1-7-54(32-37(3)13-14-38(4)33-54)46-26-21-43(22-27-46)52-31-51(42-19-17-41(18-20-42)49-30-25-45(36-56)48-11-9-10-12-50(48)49)57-53(58-52)44-23-28-47(29-24-44)55(8-2)34-39(5)15-16-40(6)35-55/h9-12,17-31,37-40H,7-8,13-16,32-35H2,1-6H3/t37-,38?,39-,40?,54?,55?/m0/s1. The van der Waals surface area contributed by atoms with Crippen LogP contribution in [-0.4, -0.2) is 9.97 Å². The molecular weight excluding hydrogens is 703 g/mol. The number of hydrogen-bond donors (Lipinski definition) is 0. The third-order valence-corrected chi connectivity index (χ3v) is 14.4. The topological polar surface area (TPSA) is 49.6 Å². The Balaban J connectivity index is 1.19. The minimum atomic E-state index is 0.217. The van der Waals surface area contributed by atoms with Gasteiger partial charge >= 0.3 is 0 Å². The molecule has 0 aliphatic heterocycles. The zero-order chi connectivity index (χ0) is 40.4. The summed E-state index contributed by atoms with van der Waals surface area (Å²) in [7, 11) is 0. The lowest BCUT2D eigenvalue weighted by atomic mass is 9.69. The van der Waals surface area contributed by atoms with Gasteiger partial charge in [0.1, 0.15) is 0 Å². The largest absolute Gasteiger partial charge is 0.228 e. The summed E-state index contributed by atoms with van der Waals surface area (Å²) < 4.78 is 0. The molecule has 0 radical (unpaired) electrons. The molecule has 0 amide bonds. The first-order chi connectivity index (χ1) is 28.1. The van der Waals surface area contributed by atoms with Crippen LogP contribution in [0.25, 0.3) is 55.8 Å². The maximum absolute atomic E-state index is 9.76. The van der Waals surface area contributed by atoms with Crippen molar-refractivity contribution in [1.29, 1.82) is 5.26 Å². The van der Waals surface area contributed by atoms with Gasteiger partial charge in [-0.15, -0.1) is 0 Å². The van der Waals surface area contributed by atoms with E-state index in [-0.39, 0.29) is 10.8 Å². The Morgan fingerprint density at radius 3 is 1.38 bits per heavy atom. The first-order valence-corrected chi connectivity index (χ1v) is 22.3. The number of nitriles is 1. The number of fused-ring (bicyclic) bond motifs is 1. The zero-order valence-corrected chi connectivity index (χ0v) is 35.7. The monoisotopic (exact) mass is 763 g/mol. The third kappa shape index (κ3) is 7.88. The smallest absolute Gasteiger partial charge is 0.160 e. The van der Waals surface area contributed by atoms with E-state index in [0.29, 0.717) is 5.56 Å². The molecule has 58 heavy (non-hydrogen) atoms. The van der Waals surface area contributed by atoms with E-state index in [1.165, 1.54) is 75.3 Å². The molecule has 1 aromatic heterocycles. The van der Waals surface area contributed by atoms with E-state index in [1.54, 1.807) is 0 Å². The van der Waals surface area contributed by atoms with Crippen molar-refractivity contribution < 1.29 is 0 Å². The van der Waals surface area contributed by atoms with E-state index in [2.05, 4.69) is 139 Å². The van der Waals surface area contributed by atoms with E-state index >= 15 is 0 Å². The molecule has 3 heteroatoms. The third-order valence-electron chi connectivity index (χ3n) is 14.4. The fraction of sp³-hybridized carbons (Fsp3) is 0.400. The molecular formula is C55H61N3. The number of hydrogen-bond acceptors (Lipinski definition) is 3. The first kappa shape index (κ1) is 39.7. The first-order valence-electron chi connectivity index (χ1n) is 22.3. The SMILES string of the molecule is CCC1(c2ccc(-c3cc(-c4ccc(-c5ccc(C#N)c6ccccc56)cc4)nc(-c4ccc(C5(CC)CC(C)CC[C@H](C)C5)cc4)n3)cc2)CC(C)CC[C@H](C)C1. The Morgan fingerprint density at radius 1 is 0.517 bits per heavy atom. The summed E-state index contributed by atoms with van der Waals surface area (Å²) in [6, 6.07) is 44.2. The van der Waals surface area contributed by atoms with Gasteiger partial charge < -0.3 is 0 Å². The van der Waals surface area contributed by atoms with Gasteiger partial charge in [0.15, 0.2) is 5.82 Å². The van der Waals surface area contributed by atoms with Gasteiger partial charge in [0, 0.05) is 22.1 Å². The summed E-state index contributed by atoms with van der Waals surface area (Å²) in [5.74, 6) is 3.72. The van der Waals surface area contributed by atoms with Crippen molar-refractivity contribution in [1.82, 2.24) is 9.97 Å². The van der Waals surface area contributed by atoms with Crippen LogP contribution in [0.4, 0.5) is 0 Å². The van der Waals surface area contributed by atoms with E-state index in [4.69, 9.17) is 9.97 Å². The average molecular weight is 764 g/mol. The minimum absolute atomic E-state index is 0.217. The highest BCUT2D eigenvalue weighted by Crippen LogP contribution is 2.47. The Labute approximate surface area is 348 Å². The molecule has 2 aliphatic carbocycles.